The van der Waals surface area contributed by atoms with Gasteiger partial charge in [-0.2, -0.15) is 15.3 Å². The fourth-order valence-corrected chi connectivity index (χ4v) is 13.1. The number of carbonyl (C=O) groups excluding carboxylic acids is 1. The van der Waals surface area contributed by atoms with Crippen molar-refractivity contribution in [3.63, 3.8) is 0 Å². The van der Waals surface area contributed by atoms with E-state index in [1.807, 2.05) is 70.3 Å². The summed E-state index contributed by atoms with van der Waals surface area (Å²) in [6, 6.07) is 8.00. The van der Waals surface area contributed by atoms with E-state index in [0.717, 1.165) is 65.0 Å². The Bertz CT molecular complexity index is 1930. The molecule has 5 rings (SSSR count). The first-order chi connectivity index (χ1) is 24.9. The van der Waals surface area contributed by atoms with Crippen LogP contribution in [0.25, 0.3) is 22.0 Å². The molecule has 1 amide bonds. The van der Waals surface area contributed by atoms with Crippen LogP contribution >= 0.6 is 0 Å². The predicted octanol–water partition coefficient (Wildman–Crippen LogP) is 8.95. The fourth-order valence-electron chi connectivity index (χ4n) is 7.93. The Hall–Kier alpha value is -4.08. The summed E-state index contributed by atoms with van der Waals surface area (Å²) < 4.78 is 23.9. The molecule has 0 radical (unpaired) electrons. The molecule has 4 aromatic rings. The maximum Gasteiger partial charge on any atom is 0.411 e. The average molecular weight is 744 g/mol. The first-order valence-electron chi connectivity index (χ1n) is 19.2. The maximum atomic E-state index is 13.8. The minimum Gasteiger partial charge on any atom is -0.476 e. The van der Waals surface area contributed by atoms with E-state index in [0.29, 0.717) is 22.5 Å². The third-order valence-electron chi connectivity index (χ3n) is 10.7. The fraction of sp³-hybridized carbons (Fsp3) is 0.610. The van der Waals surface area contributed by atoms with Crippen LogP contribution in [0.2, 0.25) is 16.6 Å². The van der Waals surface area contributed by atoms with Gasteiger partial charge in [-0.05, 0) is 88.2 Å². The number of hydrogen-bond acceptors (Lipinski definition) is 7. The Morgan fingerprint density at radius 3 is 2.30 bits per heavy atom. The number of aromatic nitrogens is 6. The van der Waals surface area contributed by atoms with E-state index >= 15 is 0 Å². The number of rotatable bonds is 11. The zero-order valence-corrected chi connectivity index (χ0v) is 35.3. The normalized spacial score (nSPS) is 16.0. The smallest absolute Gasteiger partial charge is 0.411 e. The lowest BCUT2D eigenvalue weighted by Crippen LogP contribution is -2.44. The van der Waals surface area contributed by atoms with Gasteiger partial charge in [0.2, 0.25) is 5.88 Å². The van der Waals surface area contributed by atoms with Gasteiger partial charge in [0.05, 0.1) is 35.7 Å². The van der Waals surface area contributed by atoms with Crippen LogP contribution in [0.3, 0.4) is 0 Å². The third kappa shape index (κ3) is 8.67. The van der Waals surface area contributed by atoms with E-state index < -0.39 is 19.8 Å². The van der Waals surface area contributed by atoms with Gasteiger partial charge in [-0.25, -0.2) is 14.2 Å². The van der Waals surface area contributed by atoms with Crippen molar-refractivity contribution < 1.29 is 19.0 Å². The van der Waals surface area contributed by atoms with Gasteiger partial charge < -0.3 is 14.2 Å². The summed E-state index contributed by atoms with van der Waals surface area (Å²) in [7, 11) is 1.74. The molecule has 0 saturated carbocycles. The SMILES string of the molecule is Cc1cc(OC[C@H](C)N(Cc2c(-c3ccc4c(c3)c(C#C[Si](C(C)C)(C(C)C)C(C)C)nn4C3CCCCO3)cnn2C)C(=O)OC(C)(C)C)n(C)n1. The first-order valence-corrected chi connectivity index (χ1v) is 21.5. The summed E-state index contributed by atoms with van der Waals surface area (Å²) in [6.07, 6.45) is 4.42. The second-order valence-corrected chi connectivity index (χ2v) is 22.2. The van der Waals surface area contributed by atoms with Crippen LogP contribution < -0.4 is 4.74 Å². The summed E-state index contributed by atoms with van der Waals surface area (Å²) in [6.45, 7) is 24.8. The van der Waals surface area contributed by atoms with Gasteiger partial charge in [0.25, 0.3) is 0 Å². The summed E-state index contributed by atoms with van der Waals surface area (Å²) >= 11 is 0. The van der Waals surface area contributed by atoms with E-state index in [1.165, 1.54) is 0 Å². The van der Waals surface area contributed by atoms with Crippen molar-refractivity contribution in [1.82, 2.24) is 34.2 Å². The average Bonchev–Trinajstić information content (AvgIpc) is 3.74. The molecule has 11 nitrogen and oxygen atoms in total. The van der Waals surface area contributed by atoms with Crippen molar-refractivity contribution in [2.24, 2.45) is 14.1 Å². The van der Waals surface area contributed by atoms with Crippen molar-refractivity contribution >= 4 is 25.1 Å². The Kier molecular flexibility index (Phi) is 12.2. The molecule has 0 spiro atoms. The Balaban J connectivity index is 1.57. The molecule has 1 aromatic carbocycles. The highest BCUT2D eigenvalue weighted by atomic mass is 28.3. The van der Waals surface area contributed by atoms with Crippen molar-refractivity contribution in [2.75, 3.05) is 13.2 Å². The largest absolute Gasteiger partial charge is 0.476 e. The minimum atomic E-state index is -2.02. The van der Waals surface area contributed by atoms with Crippen LogP contribution in [0.15, 0.2) is 30.5 Å². The molecule has 12 heteroatoms. The van der Waals surface area contributed by atoms with Crippen molar-refractivity contribution in [1.29, 1.82) is 0 Å². The minimum absolute atomic E-state index is 0.120. The Labute approximate surface area is 317 Å². The quantitative estimate of drug-likeness (QED) is 0.112. The lowest BCUT2D eigenvalue weighted by molar-refractivity contribution is -0.0367. The zero-order chi connectivity index (χ0) is 38.8. The number of fused-ring (bicyclic) bond motifs is 1. The molecule has 1 unspecified atom stereocenters. The molecular formula is C41H61N7O4Si. The Morgan fingerprint density at radius 1 is 1.02 bits per heavy atom. The molecule has 0 N–H and O–H groups in total. The van der Waals surface area contributed by atoms with Gasteiger partial charge in [-0.15, -0.1) is 5.54 Å². The highest BCUT2D eigenvalue weighted by Gasteiger charge is 2.42. The number of amides is 1. The lowest BCUT2D eigenvalue weighted by atomic mass is 10.0. The molecule has 4 heterocycles. The van der Waals surface area contributed by atoms with E-state index in [1.54, 1.807) is 9.58 Å². The molecule has 1 saturated heterocycles. The Morgan fingerprint density at radius 2 is 1.72 bits per heavy atom. The van der Waals surface area contributed by atoms with Crippen molar-refractivity contribution in [3.05, 3.63) is 47.5 Å². The zero-order valence-electron chi connectivity index (χ0n) is 34.3. The number of nitrogens with zero attached hydrogens (tertiary/aromatic N) is 7. The third-order valence-corrected chi connectivity index (χ3v) is 17.0. The van der Waals surface area contributed by atoms with E-state index in [-0.39, 0.29) is 25.4 Å². The van der Waals surface area contributed by atoms with Gasteiger partial charge >= 0.3 is 6.09 Å². The highest BCUT2D eigenvalue weighted by molar-refractivity contribution is 6.90. The molecule has 0 aliphatic carbocycles. The molecule has 2 atom stereocenters. The highest BCUT2D eigenvalue weighted by Crippen LogP contribution is 2.41. The van der Waals surface area contributed by atoms with E-state index in [2.05, 4.69) is 81.4 Å². The van der Waals surface area contributed by atoms with Crippen molar-refractivity contribution in [3.8, 4) is 28.5 Å². The summed E-state index contributed by atoms with van der Waals surface area (Å²) in [5.41, 5.74) is 10.2. The van der Waals surface area contributed by atoms with Gasteiger partial charge in [-0.3, -0.25) is 9.58 Å². The van der Waals surface area contributed by atoms with Crippen LogP contribution in [0.4, 0.5) is 4.79 Å². The molecule has 0 bridgehead atoms. The lowest BCUT2D eigenvalue weighted by Gasteiger charge is -2.38. The summed E-state index contributed by atoms with van der Waals surface area (Å²) in [5.74, 6) is 4.30. The molecular weight excluding hydrogens is 683 g/mol. The number of carbonyl (C=O) groups is 1. The number of hydrogen-bond donors (Lipinski definition) is 0. The van der Waals surface area contributed by atoms with E-state index in [9.17, 15) is 4.79 Å². The second kappa shape index (κ2) is 16.1. The standard InChI is InChI=1S/C41H61N7O4Si/c1-27(2)53(28(3)4,29(5)6)21-19-35-33-23-32(17-18-36(33)48(44-35)38-16-14-15-20-50-38)34-24-42-45(12)37(34)25-47(40(49)52-41(9,10)11)31(8)26-51-39-22-30(7)43-46(39)13/h17-18,22-24,27-29,31,38H,14-16,20,25-26H2,1-13H3/t31-,38?/m0/s1. The number of benzene rings is 1. The molecule has 53 heavy (non-hydrogen) atoms. The molecule has 3 aromatic heterocycles. The topological polar surface area (TPSA) is 101 Å². The predicted molar refractivity (Wildman–Crippen MR) is 213 cm³/mol. The second-order valence-electron chi connectivity index (χ2n) is 16.6. The number of aryl methyl sites for hydroxylation is 3. The van der Waals surface area contributed by atoms with Crippen LogP contribution in [-0.4, -0.2) is 73.3 Å². The first kappa shape index (κ1) is 40.1. The molecule has 1 aliphatic rings. The molecule has 1 aliphatic heterocycles. The maximum absolute atomic E-state index is 13.8. The van der Waals surface area contributed by atoms with Crippen molar-refractivity contribution in [2.45, 2.75) is 136 Å². The van der Waals surface area contributed by atoms with E-state index in [4.69, 9.17) is 19.3 Å². The number of ether oxygens (including phenoxy) is 3. The molecule has 1 fully saturated rings. The summed E-state index contributed by atoms with van der Waals surface area (Å²) in [4.78, 5) is 15.5. The molecule has 288 valence electrons. The van der Waals surface area contributed by atoms with Gasteiger partial charge in [-0.1, -0.05) is 53.5 Å². The van der Waals surface area contributed by atoms with Crippen LogP contribution in [-0.2, 0) is 30.1 Å². The monoisotopic (exact) mass is 743 g/mol. The van der Waals surface area contributed by atoms with Crippen LogP contribution in [0, 0.1) is 18.4 Å². The van der Waals surface area contributed by atoms with Crippen LogP contribution in [0.1, 0.15) is 112 Å². The van der Waals surface area contributed by atoms with Gasteiger partial charge in [0, 0.05) is 37.7 Å². The van der Waals surface area contributed by atoms with Gasteiger partial charge in [0.15, 0.2) is 6.23 Å². The van der Waals surface area contributed by atoms with Gasteiger partial charge in [0.1, 0.15) is 26.0 Å². The summed E-state index contributed by atoms with van der Waals surface area (Å²) in [5, 5.41) is 15.2. The van der Waals surface area contributed by atoms with Crippen LogP contribution in [0.5, 0.6) is 5.88 Å².